The molecule has 1 heterocycles. The molecule has 0 atom stereocenters. The van der Waals surface area contributed by atoms with Gasteiger partial charge in [0.25, 0.3) is 0 Å². The highest BCUT2D eigenvalue weighted by molar-refractivity contribution is 7.90. The number of aryl methyl sites for hydroxylation is 1. The van der Waals surface area contributed by atoms with Crippen LogP contribution in [0.5, 0.6) is 0 Å². The maximum atomic E-state index is 11.8. The van der Waals surface area contributed by atoms with Gasteiger partial charge in [-0.05, 0) is 0 Å². The number of rotatable bonds is 3. The molecule has 0 aliphatic carbocycles. The van der Waals surface area contributed by atoms with Crippen molar-refractivity contribution in [3.8, 4) is 0 Å². The molecule has 86 valence electrons. The molecule has 0 bridgehead atoms. The summed E-state index contributed by atoms with van der Waals surface area (Å²) in [6.07, 6.45) is 1.17. The van der Waals surface area contributed by atoms with Crippen molar-refractivity contribution in [2.75, 3.05) is 0 Å². The normalized spacial score (nSPS) is 13.1. The summed E-state index contributed by atoms with van der Waals surface area (Å²) < 4.78 is 58.0. The zero-order chi connectivity index (χ0) is 11.7. The Morgan fingerprint density at radius 1 is 1.53 bits per heavy atom. The molecule has 1 aromatic rings. The molecule has 0 saturated carbocycles. The fourth-order valence-corrected chi connectivity index (χ4v) is 1.22. The van der Waals surface area contributed by atoms with Crippen LogP contribution in [0.15, 0.2) is 6.20 Å². The first kappa shape index (κ1) is 11.9. The zero-order valence-corrected chi connectivity index (χ0v) is 8.30. The van der Waals surface area contributed by atoms with E-state index in [-0.39, 0.29) is 5.69 Å². The Kier molecular flexibility index (Phi) is 3.00. The SMILES string of the molecule is Cn1ncc(CNS(=O)(=O)C(F)(F)F)n1. The van der Waals surface area contributed by atoms with Crippen LogP contribution >= 0.6 is 0 Å². The van der Waals surface area contributed by atoms with Gasteiger partial charge in [0.15, 0.2) is 0 Å². The van der Waals surface area contributed by atoms with E-state index in [1.165, 1.54) is 18.0 Å². The van der Waals surface area contributed by atoms with Crippen molar-refractivity contribution in [2.24, 2.45) is 7.05 Å². The van der Waals surface area contributed by atoms with Crippen LogP contribution in [0.3, 0.4) is 0 Å². The lowest BCUT2D eigenvalue weighted by Crippen LogP contribution is -2.36. The summed E-state index contributed by atoms with van der Waals surface area (Å²) in [5.74, 6) is 0. The smallest absolute Gasteiger partial charge is 0.203 e. The summed E-state index contributed by atoms with van der Waals surface area (Å²) in [6, 6.07) is 0. The average Bonchev–Trinajstić information content (AvgIpc) is 2.46. The van der Waals surface area contributed by atoms with Gasteiger partial charge in [-0.2, -0.15) is 28.2 Å². The molecule has 0 saturated heterocycles. The van der Waals surface area contributed by atoms with Crippen molar-refractivity contribution < 1.29 is 21.6 Å². The molecular formula is C5H7F3N4O2S. The minimum absolute atomic E-state index is 0.102. The fraction of sp³-hybridized carbons (Fsp3) is 0.600. The monoisotopic (exact) mass is 244 g/mol. The van der Waals surface area contributed by atoms with Crippen LogP contribution in [0.2, 0.25) is 0 Å². The first-order valence-electron chi connectivity index (χ1n) is 3.63. The van der Waals surface area contributed by atoms with Gasteiger partial charge in [-0.3, -0.25) is 0 Å². The predicted molar refractivity (Wildman–Crippen MR) is 42.8 cm³/mol. The van der Waals surface area contributed by atoms with Crippen LogP contribution in [0.4, 0.5) is 13.2 Å². The Hall–Kier alpha value is -1.16. The molecule has 0 aliphatic rings. The minimum Gasteiger partial charge on any atom is -0.203 e. The Morgan fingerprint density at radius 2 is 2.13 bits per heavy atom. The minimum atomic E-state index is -5.31. The van der Waals surface area contributed by atoms with Gasteiger partial charge in [0.1, 0.15) is 0 Å². The molecule has 6 nitrogen and oxygen atoms in total. The fourth-order valence-electron chi connectivity index (χ4n) is 0.720. The van der Waals surface area contributed by atoms with Crippen LogP contribution in [-0.2, 0) is 23.6 Å². The number of nitrogens with zero attached hydrogens (tertiary/aromatic N) is 3. The molecule has 15 heavy (non-hydrogen) atoms. The first-order chi connectivity index (χ1) is 6.72. The third-order valence-electron chi connectivity index (χ3n) is 1.40. The standard InChI is InChI=1S/C5H7F3N4O2S/c1-12-9-2-4(11-12)3-10-15(13,14)5(6,7)8/h2,10H,3H2,1H3. The van der Waals surface area contributed by atoms with Crippen molar-refractivity contribution >= 4 is 10.0 Å². The molecule has 0 amide bonds. The summed E-state index contributed by atoms with van der Waals surface area (Å²) in [6.45, 7) is -0.546. The largest absolute Gasteiger partial charge is 0.511 e. The molecule has 0 unspecified atom stereocenters. The number of sulfonamides is 1. The van der Waals surface area contributed by atoms with E-state index in [2.05, 4.69) is 10.2 Å². The summed E-state index contributed by atoms with van der Waals surface area (Å²) in [4.78, 5) is 1.11. The number of hydrogen-bond acceptors (Lipinski definition) is 4. The maximum Gasteiger partial charge on any atom is 0.511 e. The van der Waals surface area contributed by atoms with Gasteiger partial charge in [-0.15, -0.1) is 0 Å². The number of halogens is 3. The van der Waals surface area contributed by atoms with Gasteiger partial charge >= 0.3 is 15.5 Å². The molecule has 1 aromatic heterocycles. The maximum absolute atomic E-state index is 11.8. The van der Waals surface area contributed by atoms with Gasteiger partial charge in [0, 0.05) is 7.05 Å². The van der Waals surface area contributed by atoms with Crippen LogP contribution in [0.25, 0.3) is 0 Å². The second-order valence-corrected chi connectivity index (χ2v) is 4.35. The predicted octanol–water partition coefficient (Wildman–Crippen LogP) is -0.246. The zero-order valence-electron chi connectivity index (χ0n) is 7.48. The van der Waals surface area contributed by atoms with Crippen molar-refractivity contribution in [3.05, 3.63) is 11.9 Å². The van der Waals surface area contributed by atoms with Gasteiger partial charge in [-0.1, -0.05) is 0 Å². The second-order valence-electron chi connectivity index (χ2n) is 2.60. The van der Waals surface area contributed by atoms with E-state index < -0.39 is 22.1 Å². The molecule has 0 fully saturated rings. The van der Waals surface area contributed by atoms with Gasteiger partial charge < -0.3 is 0 Å². The summed E-state index contributed by atoms with van der Waals surface area (Å²) in [5.41, 5.74) is -5.21. The highest BCUT2D eigenvalue weighted by atomic mass is 32.2. The van der Waals surface area contributed by atoms with Crippen molar-refractivity contribution in [1.29, 1.82) is 0 Å². The summed E-state index contributed by atoms with van der Waals surface area (Å²) in [7, 11) is -3.85. The second kappa shape index (κ2) is 3.77. The average molecular weight is 244 g/mol. The Bertz CT molecular complexity index is 437. The highest BCUT2D eigenvalue weighted by Crippen LogP contribution is 2.21. The van der Waals surface area contributed by atoms with E-state index in [1.54, 1.807) is 0 Å². The number of aromatic nitrogens is 3. The number of hydrogen-bond donors (Lipinski definition) is 1. The highest BCUT2D eigenvalue weighted by Gasteiger charge is 2.45. The topological polar surface area (TPSA) is 76.9 Å². The van der Waals surface area contributed by atoms with E-state index in [9.17, 15) is 21.6 Å². The number of nitrogens with one attached hydrogen (secondary N) is 1. The Labute approximate surface area is 83.1 Å². The molecule has 0 spiro atoms. The van der Waals surface area contributed by atoms with E-state index in [1.807, 2.05) is 0 Å². The van der Waals surface area contributed by atoms with Crippen LogP contribution in [0, 0.1) is 0 Å². The molecule has 0 radical (unpaired) electrons. The Balaban J connectivity index is 2.66. The van der Waals surface area contributed by atoms with Gasteiger partial charge in [0.05, 0.1) is 18.4 Å². The third-order valence-corrected chi connectivity index (χ3v) is 2.53. The lowest BCUT2D eigenvalue weighted by atomic mass is 10.5. The molecule has 0 aromatic carbocycles. The van der Waals surface area contributed by atoms with Crippen LogP contribution in [-0.4, -0.2) is 28.9 Å². The molecule has 10 heteroatoms. The lowest BCUT2D eigenvalue weighted by molar-refractivity contribution is -0.0448. The van der Waals surface area contributed by atoms with Crippen molar-refractivity contribution in [3.63, 3.8) is 0 Å². The van der Waals surface area contributed by atoms with E-state index in [0.29, 0.717) is 0 Å². The van der Waals surface area contributed by atoms with Gasteiger partial charge in [-0.25, -0.2) is 13.1 Å². The first-order valence-corrected chi connectivity index (χ1v) is 5.12. The van der Waals surface area contributed by atoms with Crippen molar-refractivity contribution in [1.82, 2.24) is 19.7 Å². The van der Waals surface area contributed by atoms with Crippen molar-refractivity contribution in [2.45, 2.75) is 12.1 Å². The third kappa shape index (κ3) is 2.89. The van der Waals surface area contributed by atoms with E-state index >= 15 is 0 Å². The molecular weight excluding hydrogens is 237 g/mol. The molecule has 1 rings (SSSR count). The number of alkyl halides is 3. The van der Waals surface area contributed by atoms with Gasteiger partial charge in [0.2, 0.25) is 0 Å². The summed E-state index contributed by atoms with van der Waals surface area (Å²) in [5, 5.41) is 7.18. The quantitative estimate of drug-likeness (QED) is 0.795. The van der Waals surface area contributed by atoms with E-state index in [0.717, 1.165) is 4.80 Å². The Morgan fingerprint density at radius 3 is 2.53 bits per heavy atom. The van der Waals surface area contributed by atoms with Crippen LogP contribution < -0.4 is 4.72 Å². The molecule has 0 aliphatic heterocycles. The van der Waals surface area contributed by atoms with E-state index in [4.69, 9.17) is 0 Å². The lowest BCUT2D eigenvalue weighted by Gasteiger charge is -2.07. The molecule has 1 N–H and O–H groups in total. The summed E-state index contributed by atoms with van der Waals surface area (Å²) >= 11 is 0. The van der Waals surface area contributed by atoms with Crippen LogP contribution in [0.1, 0.15) is 5.69 Å².